The first-order valence-electron chi connectivity index (χ1n) is 8.86. The molecule has 0 spiro atoms. The van der Waals surface area contributed by atoms with E-state index in [-0.39, 0.29) is 11.9 Å². The van der Waals surface area contributed by atoms with Gasteiger partial charge in [0.2, 0.25) is 5.91 Å². The fraction of sp³-hybridized carbons (Fsp3) is 0.529. The fourth-order valence-corrected chi connectivity index (χ4v) is 3.44. The van der Waals surface area contributed by atoms with E-state index in [1.165, 1.54) is 11.3 Å². The van der Waals surface area contributed by atoms with Gasteiger partial charge in [0, 0.05) is 42.8 Å². The van der Waals surface area contributed by atoms with Crippen molar-refractivity contribution in [3.8, 4) is 0 Å². The first kappa shape index (κ1) is 18.5. The molecular formula is C17H25N7OS. The van der Waals surface area contributed by atoms with E-state index in [0.29, 0.717) is 12.6 Å². The Morgan fingerprint density at radius 3 is 2.81 bits per heavy atom. The SMILES string of the molecule is CC(C)NC(=O)CNC1CCN(c2cc(Nc3nccs3)ncn2)CC1. The van der Waals surface area contributed by atoms with Gasteiger partial charge in [-0.25, -0.2) is 15.0 Å². The molecule has 140 valence electrons. The fourth-order valence-electron chi connectivity index (χ4n) is 2.91. The van der Waals surface area contributed by atoms with Crippen molar-refractivity contribution in [2.24, 2.45) is 0 Å². The second kappa shape index (κ2) is 8.91. The normalized spacial score (nSPS) is 15.3. The Labute approximate surface area is 157 Å². The Morgan fingerprint density at radius 1 is 1.31 bits per heavy atom. The van der Waals surface area contributed by atoms with E-state index >= 15 is 0 Å². The molecule has 26 heavy (non-hydrogen) atoms. The van der Waals surface area contributed by atoms with E-state index in [0.717, 1.165) is 42.7 Å². The summed E-state index contributed by atoms with van der Waals surface area (Å²) in [6, 6.07) is 2.49. The average molecular weight is 376 g/mol. The van der Waals surface area contributed by atoms with E-state index in [9.17, 15) is 4.79 Å². The minimum atomic E-state index is 0.0520. The van der Waals surface area contributed by atoms with Crippen LogP contribution in [-0.2, 0) is 4.79 Å². The third-order valence-corrected chi connectivity index (χ3v) is 4.83. The second-order valence-electron chi connectivity index (χ2n) is 6.59. The highest BCUT2D eigenvalue weighted by Gasteiger charge is 2.21. The largest absolute Gasteiger partial charge is 0.356 e. The quantitative estimate of drug-likeness (QED) is 0.679. The second-order valence-corrected chi connectivity index (χ2v) is 7.48. The van der Waals surface area contributed by atoms with Gasteiger partial charge >= 0.3 is 0 Å². The van der Waals surface area contributed by atoms with Gasteiger partial charge in [-0.15, -0.1) is 11.3 Å². The maximum Gasteiger partial charge on any atom is 0.234 e. The standard InChI is InChI=1S/C17H25N7OS/c1-12(2)22-16(25)10-19-13-3-6-24(7-4-13)15-9-14(20-11-21-15)23-17-18-5-8-26-17/h5,8-9,11-13,19H,3-4,6-7,10H2,1-2H3,(H,22,25)(H,18,20,21,23). The number of carbonyl (C=O) groups is 1. The number of nitrogens with one attached hydrogen (secondary N) is 3. The zero-order valence-electron chi connectivity index (χ0n) is 15.1. The number of rotatable bonds is 7. The molecule has 3 heterocycles. The van der Waals surface area contributed by atoms with Crippen LogP contribution in [0.4, 0.5) is 16.8 Å². The molecule has 3 rings (SSSR count). The summed E-state index contributed by atoms with van der Waals surface area (Å²) in [5.74, 6) is 1.71. The highest BCUT2D eigenvalue weighted by molar-refractivity contribution is 7.13. The predicted octanol–water partition coefficient (Wildman–Crippen LogP) is 1.76. The monoisotopic (exact) mass is 375 g/mol. The maximum atomic E-state index is 11.7. The molecule has 2 aromatic rings. The van der Waals surface area contributed by atoms with Crippen LogP contribution in [0.3, 0.4) is 0 Å². The summed E-state index contributed by atoms with van der Waals surface area (Å²) < 4.78 is 0. The number of nitrogens with zero attached hydrogens (tertiary/aromatic N) is 4. The van der Waals surface area contributed by atoms with E-state index < -0.39 is 0 Å². The predicted molar refractivity (Wildman–Crippen MR) is 104 cm³/mol. The minimum absolute atomic E-state index is 0.0520. The summed E-state index contributed by atoms with van der Waals surface area (Å²) in [6.45, 7) is 6.11. The molecule has 2 aromatic heterocycles. The van der Waals surface area contributed by atoms with Crippen LogP contribution in [0.25, 0.3) is 0 Å². The lowest BCUT2D eigenvalue weighted by Gasteiger charge is -2.33. The molecular weight excluding hydrogens is 350 g/mol. The molecule has 1 saturated heterocycles. The van der Waals surface area contributed by atoms with Gasteiger partial charge in [-0.1, -0.05) is 0 Å². The van der Waals surface area contributed by atoms with Crippen molar-refractivity contribution in [2.45, 2.75) is 38.8 Å². The molecule has 0 atom stereocenters. The lowest BCUT2D eigenvalue weighted by atomic mass is 10.1. The Kier molecular flexibility index (Phi) is 6.35. The maximum absolute atomic E-state index is 11.7. The summed E-state index contributed by atoms with van der Waals surface area (Å²) in [7, 11) is 0. The van der Waals surface area contributed by atoms with E-state index in [1.807, 2.05) is 25.3 Å². The number of carbonyl (C=O) groups excluding carboxylic acids is 1. The van der Waals surface area contributed by atoms with Crippen LogP contribution in [0.2, 0.25) is 0 Å². The highest BCUT2D eigenvalue weighted by atomic mass is 32.1. The van der Waals surface area contributed by atoms with Crippen LogP contribution in [0.1, 0.15) is 26.7 Å². The molecule has 1 aliphatic heterocycles. The molecule has 1 aliphatic rings. The van der Waals surface area contributed by atoms with Crippen LogP contribution in [0.15, 0.2) is 24.0 Å². The van der Waals surface area contributed by atoms with Gasteiger partial charge < -0.3 is 20.9 Å². The smallest absolute Gasteiger partial charge is 0.234 e. The first-order chi connectivity index (χ1) is 12.6. The number of hydrogen-bond donors (Lipinski definition) is 3. The van der Waals surface area contributed by atoms with Crippen LogP contribution in [0, 0.1) is 0 Å². The van der Waals surface area contributed by atoms with Crippen molar-refractivity contribution in [1.82, 2.24) is 25.6 Å². The molecule has 1 fully saturated rings. The van der Waals surface area contributed by atoms with Gasteiger partial charge in [0.25, 0.3) is 0 Å². The number of hydrogen-bond acceptors (Lipinski definition) is 8. The summed E-state index contributed by atoms with van der Waals surface area (Å²) in [5, 5.41) is 12.2. The Hall–Kier alpha value is -2.26. The van der Waals surface area contributed by atoms with E-state index in [1.54, 1.807) is 12.5 Å². The van der Waals surface area contributed by atoms with Gasteiger partial charge in [-0.2, -0.15) is 0 Å². The van der Waals surface area contributed by atoms with Crippen molar-refractivity contribution in [3.05, 3.63) is 24.0 Å². The zero-order valence-corrected chi connectivity index (χ0v) is 15.9. The lowest BCUT2D eigenvalue weighted by molar-refractivity contribution is -0.120. The van der Waals surface area contributed by atoms with Crippen molar-refractivity contribution in [3.63, 3.8) is 0 Å². The minimum Gasteiger partial charge on any atom is -0.356 e. The van der Waals surface area contributed by atoms with E-state index in [2.05, 4.69) is 35.8 Å². The molecule has 0 bridgehead atoms. The van der Waals surface area contributed by atoms with E-state index in [4.69, 9.17) is 0 Å². The molecule has 1 amide bonds. The molecule has 8 nitrogen and oxygen atoms in total. The molecule has 0 aromatic carbocycles. The molecule has 0 unspecified atom stereocenters. The molecule has 0 aliphatic carbocycles. The Balaban J connectivity index is 1.48. The number of amides is 1. The summed E-state index contributed by atoms with van der Waals surface area (Å²) in [6.07, 6.45) is 5.29. The Bertz CT molecular complexity index is 699. The summed E-state index contributed by atoms with van der Waals surface area (Å²) in [5.41, 5.74) is 0. The van der Waals surface area contributed by atoms with Crippen LogP contribution >= 0.6 is 11.3 Å². The van der Waals surface area contributed by atoms with Crippen molar-refractivity contribution < 1.29 is 4.79 Å². The third kappa shape index (κ3) is 5.37. The lowest BCUT2D eigenvalue weighted by Crippen LogP contribution is -2.46. The average Bonchev–Trinajstić information content (AvgIpc) is 3.13. The van der Waals surface area contributed by atoms with Gasteiger partial charge in [-0.3, -0.25) is 4.79 Å². The molecule has 0 saturated carbocycles. The van der Waals surface area contributed by atoms with Crippen LogP contribution in [-0.4, -0.2) is 52.6 Å². The first-order valence-corrected chi connectivity index (χ1v) is 9.74. The van der Waals surface area contributed by atoms with Crippen molar-refractivity contribution in [1.29, 1.82) is 0 Å². The zero-order chi connectivity index (χ0) is 18.4. The number of anilines is 3. The van der Waals surface area contributed by atoms with Crippen LogP contribution in [0.5, 0.6) is 0 Å². The highest BCUT2D eigenvalue weighted by Crippen LogP contribution is 2.22. The third-order valence-electron chi connectivity index (χ3n) is 4.14. The van der Waals surface area contributed by atoms with Gasteiger partial charge in [0.15, 0.2) is 5.13 Å². The Morgan fingerprint density at radius 2 is 2.12 bits per heavy atom. The topological polar surface area (TPSA) is 95.1 Å². The summed E-state index contributed by atoms with van der Waals surface area (Å²) >= 11 is 1.53. The van der Waals surface area contributed by atoms with Gasteiger partial charge in [0.1, 0.15) is 18.0 Å². The molecule has 0 radical (unpaired) electrons. The molecule has 9 heteroatoms. The van der Waals surface area contributed by atoms with Crippen molar-refractivity contribution >= 4 is 34.0 Å². The van der Waals surface area contributed by atoms with Gasteiger partial charge in [0.05, 0.1) is 6.54 Å². The molecule has 3 N–H and O–H groups in total. The van der Waals surface area contributed by atoms with Gasteiger partial charge in [-0.05, 0) is 26.7 Å². The summed E-state index contributed by atoms with van der Waals surface area (Å²) in [4.78, 5) is 26.9. The number of aromatic nitrogens is 3. The van der Waals surface area contributed by atoms with Crippen LogP contribution < -0.4 is 20.9 Å². The number of thiazole rings is 1. The van der Waals surface area contributed by atoms with Crippen molar-refractivity contribution in [2.75, 3.05) is 29.9 Å². The number of piperidine rings is 1.